The normalized spacial score (nSPS) is 10.9. The zero-order valence-electron chi connectivity index (χ0n) is 13.1. The van der Waals surface area contributed by atoms with Gasteiger partial charge in [-0.25, -0.2) is 4.99 Å². The van der Waals surface area contributed by atoms with Gasteiger partial charge >= 0.3 is 0 Å². The van der Waals surface area contributed by atoms with Gasteiger partial charge in [-0.3, -0.25) is 4.79 Å². The Morgan fingerprint density at radius 3 is 2.46 bits per heavy atom. The van der Waals surface area contributed by atoms with Crippen LogP contribution in [0.15, 0.2) is 64.6 Å². The predicted molar refractivity (Wildman–Crippen MR) is 96.0 cm³/mol. The molecular weight excluding hydrogens is 304 g/mol. The maximum absolute atomic E-state index is 12.2. The molecule has 0 aliphatic rings. The van der Waals surface area contributed by atoms with Gasteiger partial charge in [0.2, 0.25) is 5.96 Å². The van der Waals surface area contributed by atoms with Gasteiger partial charge in [0.25, 0.3) is 5.91 Å². The summed E-state index contributed by atoms with van der Waals surface area (Å²) in [5.41, 5.74) is 18.2. The van der Waals surface area contributed by atoms with E-state index in [9.17, 15) is 4.79 Å². The Balaban J connectivity index is 1.97. The molecule has 0 aromatic heterocycles. The standard InChI is InChI=1S/C17H20N6O/c18-16(19)23-17(20)22-14-8-4-7-13(11-14)15(24)21-10-9-12-5-2-1-3-6-12/h1-8,11H,9-10H2,(H,21,24)(H6,18,19,20,22,23). The molecule has 0 spiro atoms. The second-order valence-corrected chi connectivity index (χ2v) is 5.05. The van der Waals surface area contributed by atoms with E-state index in [1.165, 1.54) is 5.56 Å². The second-order valence-electron chi connectivity index (χ2n) is 5.05. The first-order valence-corrected chi connectivity index (χ1v) is 7.40. The number of hydrogen-bond donors (Lipinski definition) is 4. The van der Waals surface area contributed by atoms with E-state index in [1.54, 1.807) is 24.3 Å². The third-order valence-corrected chi connectivity index (χ3v) is 3.14. The van der Waals surface area contributed by atoms with E-state index < -0.39 is 0 Å². The van der Waals surface area contributed by atoms with E-state index in [0.29, 0.717) is 17.8 Å². The maximum Gasteiger partial charge on any atom is 0.251 e. The number of nitrogens with zero attached hydrogens (tertiary/aromatic N) is 2. The van der Waals surface area contributed by atoms with E-state index in [4.69, 9.17) is 17.2 Å². The van der Waals surface area contributed by atoms with Crippen LogP contribution < -0.4 is 22.5 Å². The van der Waals surface area contributed by atoms with E-state index in [1.807, 2.05) is 30.3 Å². The first-order chi connectivity index (χ1) is 11.5. The quantitative estimate of drug-likeness (QED) is 0.480. The third-order valence-electron chi connectivity index (χ3n) is 3.14. The molecule has 0 heterocycles. The Morgan fingerprint density at radius 1 is 1.00 bits per heavy atom. The van der Waals surface area contributed by atoms with Crippen molar-refractivity contribution in [2.45, 2.75) is 6.42 Å². The third kappa shape index (κ3) is 5.45. The Bertz CT molecular complexity index is 751. The summed E-state index contributed by atoms with van der Waals surface area (Å²) in [6.07, 6.45) is 0.766. The molecule has 0 fully saturated rings. The van der Waals surface area contributed by atoms with Gasteiger partial charge < -0.3 is 22.5 Å². The molecule has 7 heteroatoms. The number of guanidine groups is 2. The molecule has 2 rings (SSSR count). The Kier molecular flexibility index (Phi) is 5.90. The average molecular weight is 324 g/mol. The van der Waals surface area contributed by atoms with Gasteiger partial charge in [-0.05, 0) is 30.2 Å². The summed E-state index contributed by atoms with van der Waals surface area (Å²) in [5, 5.41) is 2.87. The fourth-order valence-corrected chi connectivity index (χ4v) is 2.07. The number of carbonyl (C=O) groups excluding carboxylic acids is 1. The lowest BCUT2D eigenvalue weighted by molar-refractivity contribution is 0.0954. The van der Waals surface area contributed by atoms with Crippen LogP contribution in [0, 0.1) is 0 Å². The number of amides is 1. The summed E-state index contributed by atoms with van der Waals surface area (Å²) in [6, 6.07) is 16.7. The minimum Gasteiger partial charge on any atom is -0.370 e. The van der Waals surface area contributed by atoms with Gasteiger partial charge in [-0.15, -0.1) is 0 Å². The van der Waals surface area contributed by atoms with E-state index in [2.05, 4.69) is 15.3 Å². The Morgan fingerprint density at radius 2 is 1.75 bits per heavy atom. The minimum absolute atomic E-state index is 0.0726. The molecule has 0 saturated heterocycles. The first-order valence-electron chi connectivity index (χ1n) is 7.40. The summed E-state index contributed by atoms with van der Waals surface area (Å²) in [4.78, 5) is 19.9. The molecule has 0 unspecified atom stereocenters. The molecule has 1 amide bonds. The van der Waals surface area contributed by atoms with Crippen molar-refractivity contribution in [1.82, 2.24) is 5.32 Å². The number of nitrogens with two attached hydrogens (primary N) is 3. The van der Waals surface area contributed by atoms with Crippen molar-refractivity contribution in [3.63, 3.8) is 0 Å². The van der Waals surface area contributed by atoms with Crippen LogP contribution in [0.5, 0.6) is 0 Å². The summed E-state index contributed by atoms with van der Waals surface area (Å²) in [6.45, 7) is 0.548. The molecule has 0 radical (unpaired) electrons. The Hall–Kier alpha value is -3.35. The lowest BCUT2D eigenvalue weighted by Crippen LogP contribution is -2.26. The van der Waals surface area contributed by atoms with Gasteiger partial charge in [-0.1, -0.05) is 36.4 Å². The molecular formula is C17H20N6O. The highest BCUT2D eigenvalue weighted by Crippen LogP contribution is 2.14. The van der Waals surface area contributed by atoms with Crippen LogP contribution in [0.4, 0.5) is 5.69 Å². The molecule has 7 N–H and O–H groups in total. The molecule has 2 aromatic carbocycles. The van der Waals surface area contributed by atoms with Gasteiger partial charge in [0.05, 0.1) is 5.69 Å². The van der Waals surface area contributed by atoms with Gasteiger partial charge in [0.1, 0.15) is 0 Å². The van der Waals surface area contributed by atoms with Crippen molar-refractivity contribution in [2.24, 2.45) is 27.2 Å². The number of carbonyl (C=O) groups is 1. The minimum atomic E-state index is -0.177. The Labute approximate surface area is 140 Å². The largest absolute Gasteiger partial charge is 0.370 e. The van der Waals surface area contributed by atoms with E-state index in [-0.39, 0.29) is 17.8 Å². The summed E-state index contributed by atoms with van der Waals surface area (Å²) in [7, 11) is 0. The van der Waals surface area contributed by atoms with Crippen molar-refractivity contribution in [3.05, 3.63) is 65.7 Å². The SMILES string of the molecule is NC(N)=NC(N)=Nc1cccc(C(=O)NCCc2ccccc2)c1. The second kappa shape index (κ2) is 8.33. The summed E-state index contributed by atoms with van der Waals surface area (Å²) in [5.74, 6) is -0.425. The van der Waals surface area contributed by atoms with Crippen molar-refractivity contribution in [2.75, 3.05) is 6.54 Å². The molecule has 7 nitrogen and oxygen atoms in total. The van der Waals surface area contributed by atoms with Crippen LogP contribution in [-0.2, 0) is 6.42 Å². The molecule has 24 heavy (non-hydrogen) atoms. The van der Waals surface area contributed by atoms with E-state index in [0.717, 1.165) is 6.42 Å². The highest BCUT2D eigenvalue weighted by molar-refractivity contribution is 5.96. The highest BCUT2D eigenvalue weighted by Gasteiger charge is 2.06. The van der Waals surface area contributed by atoms with Crippen molar-refractivity contribution >= 4 is 23.5 Å². The van der Waals surface area contributed by atoms with Gasteiger partial charge in [-0.2, -0.15) is 4.99 Å². The molecule has 124 valence electrons. The smallest absolute Gasteiger partial charge is 0.251 e. The van der Waals surface area contributed by atoms with Crippen LogP contribution in [0.25, 0.3) is 0 Å². The highest BCUT2D eigenvalue weighted by atomic mass is 16.1. The van der Waals surface area contributed by atoms with Gasteiger partial charge in [0.15, 0.2) is 5.96 Å². The first kappa shape index (κ1) is 17.0. The van der Waals surface area contributed by atoms with E-state index >= 15 is 0 Å². The monoisotopic (exact) mass is 324 g/mol. The predicted octanol–water partition coefficient (Wildman–Crippen LogP) is 0.879. The molecule has 0 saturated carbocycles. The fraction of sp³-hybridized carbons (Fsp3) is 0.118. The topological polar surface area (TPSA) is 132 Å². The molecule has 0 aliphatic carbocycles. The molecule has 0 aliphatic heterocycles. The van der Waals surface area contributed by atoms with Gasteiger partial charge in [0, 0.05) is 12.1 Å². The fourth-order valence-electron chi connectivity index (χ4n) is 2.07. The van der Waals surface area contributed by atoms with Crippen molar-refractivity contribution in [3.8, 4) is 0 Å². The summed E-state index contributed by atoms with van der Waals surface area (Å²) >= 11 is 0. The van der Waals surface area contributed by atoms with Crippen molar-refractivity contribution < 1.29 is 4.79 Å². The lowest BCUT2D eigenvalue weighted by atomic mass is 10.1. The van der Waals surface area contributed by atoms with Crippen LogP contribution >= 0.6 is 0 Å². The van der Waals surface area contributed by atoms with Crippen LogP contribution in [0.1, 0.15) is 15.9 Å². The zero-order chi connectivity index (χ0) is 17.4. The lowest BCUT2D eigenvalue weighted by Gasteiger charge is -2.06. The maximum atomic E-state index is 12.2. The van der Waals surface area contributed by atoms with Crippen LogP contribution in [-0.4, -0.2) is 24.4 Å². The van der Waals surface area contributed by atoms with Crippen LogP contribution in [0.2, 0.25) is 0 Å². The zero-order valence-corrected chi connectivity index (χ0v) is 13.1. The number of aliphatic imine (C=N–C) groups is 2. The average Bonchev–Trinajstić information content (AvgIpc) is 2.55. The number of benzene rings is 2. The van der Waals surface area contributed by atoms with Crippen molar-refractivity contribution in [1.29, 1.82) is 0 Å². The number of hydrogen-bond acceptors (Lipinski definition) is 2. The number of rotatable bonds is 5. The molecule has 0 atom stereocenters. The van der Waals surface area contributed by atoms with Crippen LogP contribution in [0.3, 0.4) is 0 Å². The molecule has 2 aromatic rings. The number of nitrogens with one attached hydrogen (secondary N) is 1. The molecule has 0 bridgehead atoms. The summed E-state index contributed by atoms with van der Waals surface area (Å²) < 4.78 is 0.